The van der Waals surface area contributed by atoms with Crippen molar-refractivity contribution in [1.29, 1.82) is 0 Å². The fraction of sp³-hybridized carbons (Fsp3) is 0.211. The molecule has 0 saturated heterocycles. The molecule has 0 saturated carbocycles. The summed E-state index contributed by atoms with van der Waals surface area (Å²) in [5.74, 6) is 0.00475. The number of hydrogen-bond donors (Lipinski definition) is 1. The Balaban J connectivity index is 1.71. The van der Waals surface area contributed by atoms with Crippen molar-refractivity contribution in [3.05, 3.63) is 70.6 Å². The summed E-state index contributed by atoms with van der Waals surface area (Å²) in [5, 5.41) is 6.60. The van der Waals surface area contributed by atoms with Crippen LogP contribution in [0.3, 0.4) is 0 Å². The quantitative estimate of drug-likeness (QED) is 0.751. The van der Waals surface area contributed by atoms with Crippen molar-refractivity contribution < 1.29 is 4.79 Å². The highest BCUT2D eigenvalue weighted by molar-refractivity contribution is 7.17. The molecule has 1 atom stereocenters. The third kappa shape index (κ3) is 3.04. The van der Waals surface area contributed by atoms with E-state index >= 15 is 0 Å². The van der Waals surface area contributed by atoms with Crippen LogP contribution in [0.4, 0.5) is 0 Å². The highest BCUT2D eigenvalue weighted by Gasteiger charge is 2.13. The molecule has 0 aliphatic heterocycles. The number of nitrogens with one attached hydrogen (secondary N) is 1. The lowest BCUT2D eigenvalue weighted by Crippen LogP contribution is -2.34. The SMILES string of the molecule is Cc1ccccc1C(=O)NC(C)Cc1csc2ccccc12. The molecule has 2 nitrogen and oxygen atoms in total. The van der Waals surface area contributed by atoms with Gasteiger partial charge in [-0.3, -0.25) is 4.79 Å². The number of carbonyl (C=O) groups excluding carboxylic acids is 1. The first-order chi connectivity index (χ1) is 10.6. The van der Waals surface area contributed by atoms with E-state index in [-0.39, 0.29) is 11.9 Å². The van der Waals surface area contributed by atoms with Gasteiger partial charge in [0.2, 0.25) is 0 Å². The second-order valence-corrected chi connectivity index (χ2v) is 6.56. The van der Waals surface area contributed by atoms with Gasteiger partial charge >= 0.3 is 0 Å². The number of hydrogen-bond acceptors (Lipinski definition) is 2. The lowest BCUT2D eigenvalue weighted by molar-refractivity contribution is 0.0939. The highest BCUT2D eigenvalue weighted by Crippen LogP contribution is 2.26. The van der Waals surface area contributed by atoms with E-state index in [2.05, 4.69) is 41.9 Å². The minimum absolute atomic E-state index is 0.00475. The molecular formula is C19H19NOS. The summed E-state index contributed by atoms with van der Waals surface area (Å²) in [7, 11) is 0. The van der Waals surface area contributed by atoms with E-state index in [0.717, 1.165) is 17.5 Å². The minimum Gasteiger partial charge on any atom is -0.349 e. The van der Waals surface area contributed by atoms with Crippen molar-refractivity contribution in [3.8, 4) is 0 Å². The van der Waals surface area contributed by atoms with Gasteiger partial charge in [0.1, 0.15) is 0 Å². The predicted molar refractivity (Wildman–Crippen MR) is 93.6 cm³/mol. The summed E-state index contributed by atoms with van der Waals surface area (Å²) in [6, 6.07) is 16.2. The summed E-state index contributed by atoms with van der Waals surface area (Å²) in [6.07, 6.45) is 0.849. The Kier molecular flexibility index (Phi) is 4.25. The van der Waals surface area contributed by atoms with Crippen LogP contribution in [-0.4, -0.2) is 11.9 Å². The summed E-state index contributed by atoms with van der Waals surface area (Å²) < 4.78 is 1.30. The van der Waals surface area contributed by atoms with Crippen LogP contribution in [0.1, 0.15) is 28.4 Å². The summed E-state index contributed by atoms with van der Waals surface area (Å²) in [6.45, 7) is 4.02. The highest BCUT2D eigenvalue weighted by atomic mass is 32.1. The zero-order valence-corrected chi connectivity index (χ0v) is 13.6. The molecule has 0 fully saturated rings. The second-order valence-electron chi connectivity index (χ2n) is 5.65. The monoisotopic (exact) mass is 309 g/mol. The third-order valence-corrected chi connectivity index (χ3v) is 4.87. The number of fused-ring (bicyclic) bond motifs is 1. The molecule has 2 aromatic carbocycles. The van der Waals surface area contributed by atoms with E-state index in [1.54, 1.807) is 11.3 Å². The Labute approximate surface area is 134 Å². The standard InChI is InChI=1S/C19H19NOS/c1-13-7-3-4-8-16(13)19(21)20-14(2)11-15-12-22-18-10-6-5-9-17(15)18/h3-10,12,14H,11H2,1-2H3,(H,20,21). The molecule has 1 N–H and O–H groups in total. The molecule has 1 aromatic heterocycles. The van der Waals surface area contributed by atoms with Gasteiger partial charge in [-0.15, -0.1) is 11.3 Å². The van der Waals surface area contributed by atoms with Gasteiger partial charge in [0.25, 0.3) is 5.91 Å². The number of thiophene rings is 1. The van der Waals surface area contributed by atoms with Crippen LogP contribution < -0.4 is 5.32 Å². The van der Waals surface area contributed by atoms with Crippen LogP contribution >= 0.6 is 11.3 Å². The van der Waals surface area contributed by atoms with Gasteiger partial charge in [-0.05, 0) is 54.3 Å². The van der Waals surface area contributed by atoms with Crippen molar-refractivity contribution in [2.24, 2.45) is 0 Å². The average Bonchev–Trinajstić information content (AvgIpc) is 2.91. The summed E-state index contributed by atoms with van der Waals surface area (Å²) in [5.41, 5.74) is 3.07. The Morgan fingerprint density at radius 3 is 2.68 bits per heavy atom. The van der Waals surface area contributed by atoms with Gasteiger partial charge in [0.15, 0.2) is 0 Å². The first-order valence-electron chi connectivity index (χ1n) is 7.47. The molecule has 3 aromatic rings. The van der Waals surface area contributed by atoms with Crippen molar-refractivity contribution in [1.82, 2.24) is 5.32 Å². The Bertz CT molecular complexity index is 806. The minimum atomic E-state index is 0.00475. The molecule has 22 heavy (non-hydrogen) atoms. The fourth-order valence-corrected chi connectivity index (χ4v) is 3.68. The molecule has 3 rings (SSSR count). The normalized spacial score (nSPS) is 12.3. The molecule has 0 spiro atoms. The average molecular weight is 309 g/mol. The number of carbonyl (C=O) groups is 1. The van der Waals surface area contributed by atoms with Gasteiger partial charge in [-0.2, -0.15) is 0 Å². The van der Waals surface area contributed by atoms with Crippen LogP contribution in [-0.2, 0) is 6.42 Å². The maximum absolute atomic E-state index is 12.4. The van der Waals surface area contributed by atoms with Gasteiger partial charge < -0.3 is 5.32 Å². The van der Waals surface area contributed by atoms with E-state index < -0.39 is 0 Å². The Morgan fingerprint density at radius 2 is 1.86 bits per heavy atom. The van der Waals surface area contributed by atoms with Crippen LogP contribution in [0.5, 0.6) is 0 Å². The molecule has 0 bridgehead atoms. The second kappa shape index (κ2) is 6.32. The van der Waals surface area contributed by atoms with Crippen molar-refractivity contribution >= 4 is 27.3 Å². The molecule has 1 amide bonds. The maximum Gasteiger partial charge on any atom is 0.251 e. The molecule has 0 radical (unpaired) electrons. The predicted octanol–water partition coefficient (Wildman–Crippen LogP) is 4.57. The molecule has 1 unspecified atom stereocenters. The van der Waals surface area contributed by atoms with Crippen LogP contribution in [0, 0.1) is 6.92 Å². The topological polar surface area (TPSA) is 29.1 Å². The van der Waals surface area contributed by atoms with E-state index in [1.165, 1.54) is 15.6 Å². The van der Waals surface area contributed by atoms with E-state index in [9.17, 15) is 4.79 Å². The van der Waals surface area contributed by atoms with Crippen LogP contribution in [0.25, 0.3) is 10.1 Å². The largest absolute Gasteiger partial charge is 0.349 e. The fourth-order valence-electron chi connectivity index (χ4n) is 2.70. The number of aryl methyl sites for hydroxylation is 1. The Morgan fingerprint density at radius 1 is 1.14 bits per heavy atom. The first kappa shape index (κ1) is 14.8. The lowest BCUT2D eigenvalue weighted by atomic mass is 10.0. The van der Waals surface area contributed by atoms with Crippen molar-refractivity contribution in [3.63, 3.8) is 0 Å². The van der Waals surface area contributed by atoms with E-state index in [1.807, 2.05) is 31.2 Å². The molecule has 1 heterocycles. The summed E-state index contributed by atoms with van der Waals surface area (Å²) >= 11 is 1.76. The van der Waals surface area contributed by atoms with Gasteiger partial charge in [0, 0.05) is 16.3 Å². The Hall–Kier alpha value is -2.13. The maximum atomic E-state index is 12.4. The van der Waals surface area contributed by atoms with Crippen molar-refractivity contribution in [2.75, 3.05) is 0 Å². The van der Waals surface area contributed by atoms with Gasteiger partial charge in [-0.1, -0.05) is 36.4 Å². The summed E-state index contributed by atoms with van der Waals surface area (Å²) in [4.78, 5) is 12.4. The molecule has 0 aliphatic rings. The molecule has 3 heteroatoms. The van der Waals surface area contributed by atoms with E-state index in [4.69, 9.17) is 0 Å². The first-order valence-corrected chi connectivity index (χ1v) is 8.34. The van der Waals surface area contributed by atoms with Crippen LogP contribution in [0.15, 0.2) is 53.9 Å². The number of rotatable bonds is 4. The van der Waals surface area contributed by atoms with Gasteiger partial charge in [0.05, 0.1) is 0 Å². The molecule has 112 valence electrons. The zero-order chi connectivity index (χ0) is 15.5. The molecular weight excluding hydrogens is 290 g/mol. The van der Waals surface area contributed by atoms with Crippen LogP contribution in [0.2, 0.25) is 0 Å². The number of amides is 1. The third-order valence-electron chi connectivity index (χ3n) is 3.85. The van der Waals surface area contributed by atoms with Gasteiger partial charge in [-0.25, -0.2) is 0 Å². The zero-order valence-electron chi connectivity index (χ0n) is 12.8. The number of benzene rings is 2. The molecule has 0 aliphatic carbocycles. The van der Waals surface area contributed by atoms with Crippen molar-refractivity contribution in [2.45, 2.75) is 26.3 Å². The van der Waals surface area contributed by atoms with E-state index in [0.29, 0.717) is 0 Å². The smallest absolute Gasteiger partial charge is 0.251 e. The lowest BCUT2D eigenvalue weighted by Gasteiger charge is -2.14.